The number of hydrogen-bond acceptors (Lipinski definition) is 7. The van der Waals surface area contributed by atoms with Gasteiger partial charge in [-0.25, -0.2) is 4.98 Å². The lowest BCUT2D eigenvalue weighted by molar-refractivity contribution is 0.0965. The molecule has 0 aliphatic heterocycles. The monoisotopic (exact) mass is 274 g/mol. The average molecular weight is 274 g/mol. The predicted octanol–water partition coefficient (Wildman–Crippen LogP) is 0.481. The Bertz CT molecular complexity index is 351. The van der Waals surface area contributed by atoms with Gasteiger partial charge in [-0.1, -0.05) is 0 Å². The van der Waals surface area contributed by atoms with Crippen LogP contribution in [-0.2, 0) is 11.3 Å². The van der Waals surface area contributed by atoms with Crippen molar-refractivity contribution in [3.05, 3.63) is 5.82 Å². The lowest BCUT2D eigenvalue weighted by Crippen LogP contribution is -2.46. The molecule has 0 aliphatic carbocycles. The molecule has 0 spiro atoms. The van der Waals surface area contributed by atoms with Crippen LogP contribution in [0.25, 0.3) is 0 Å². The fraction of sp³-hybridized carbons (Fsp3) is 0.818. The number of aliphatic hydroxyl groups excluding tert-OH is 1. The van der Waals surface area contributed by atoms with Gasteiger partial charge in [0.15, 0.2) is 5.82 Å². The molecule has 0 aliphatic rings. The molecule has 0 fully saturated rings. The number of rotatable bonds is 8. The second kappa shape index (κ2) is 6.98. The molecule has 2 N–H and O–H groups in total. The Kier molecular flexibility index (Phi) is 5.94. The molecule has 0 saturated heterocycles. The lowest BCUT2D eigenvalue weighted by atomic mass is 9.99. The van der Waals surface area contributed by atoms with Crippen molar-refractivity contribution in [3.63, 3.8) is 0 Å². The SMILES string of the molecule is COCC(C)(CCO)NCc1nsc(N(C)C)n1. The Morgan fingerprint density at radius 3 is 2.72 bits per heavy atom. The third kappa shape index (κ3) is 4.49. The molecule has 1 aromatic heterocycles. The molecule has 18 heavy (non-hydrogen) atoms. The van der Waals surface area contributed by atoms with E-state index in [2.05, 4.69) is 14.7 Å². The Balaban J connectivity index is 2.55. The van der Waals surface area contributed by atoms with Gasteiger partial charge in [-0.3, -0.25) is 0 Å². The third-order valence-electron chi connectivity index (χ3n) is 2.64. The molecule has 0 saturated carbocycles. The van der Waals surface area contributed by atoms with Gasteiger partial charge in [-0.15, -0.1) is 0 Å². The Labute approximate surface area is 112 Å². The molecule has 0 bridgehead atoms. The molecule has 1 aromatic rings. The van der Waals surface area contributed by atoms with Gasteiger partial charge in [-0.2, -0.15) is 4.37 Å². The van der Waals surface area contributed by atoms with Crippen LogP contribution in [0.2, 0.25) is 0 Å². The first-order valence-electron chi connectivity index (χ1n) is 5.85. The summed E-state index contributed by atoms with van der Waals surface area (Å²) in [6, 6.07) is 0. The summed E-state index contributed by atoms with van der Waals surface area (Å²) in [5.41, 5.74) is -0.257. The number of aliphatic hydroxyl groups is 1. The molecule has 1 rings (SSSR count). The first kappa shape index (κ1) is 15.3. The van der Waals surface area contributed by atoms with Crippen LogP contribution in [0.3, 0.4) is 0 Å². The van der Waals surface area contributed by atoms with E-state index in [1.165, 1.54) is 11.5 Å². The molecule has 1 heterocycles. The van der Waals surface area contributed by atoms with E-state index in [0.29, 0.717) is 19.6 Å². The maximum Gasteiger partial charge on any atom is 0.204 e. The largest absolute Gasteiger partial charge is 0.396 e. The molecule has 1 unspecified atom stereocenters. The van der Waals surface area contributed by atoms with E-state index in [1.54, 1.807) is 7.11 Å². The quantitative estimate of drug-likeness (QED) is 0.718. The van der Waals surface area contributed by atoms with E-state index in [1.807, 2.05) is 25.9 Å². The standard InChI is InChI=1S/C11H22N4O2S/c1-11(5-6-16,8-17-4)12-7-9-13-10(15(2)3)18-14-9/h12,16H,5-8H2,1-4H3. The third-order valence-corrected chi connectivity index (χ3v) is 3.56. The average Bonchev–Trinajstić information content (AvgIpc) is 2.76. The van der Waals surface area contributed by atoms with Gasteiger partial charge in [0, 0.05) is 44.9 Å². The van der Waals surface area contributed by atoms with Gasteiger partial charge in [0.2, 0.25) is 5.13 Å². The van der Waals surface area contributed by atoms with Crippen molar-refractivity contribution in [2.75, 3.05) is 39.3 Å². The second-order valence-electron chi connectivity index (χ2n) is 4.71. The van der Waals surface area contributed by atoms with E-state index < -0.39 is 0 Å². The van der Waals surface area contributed by atoms with Gasteiger partial charge >= 0.3 is 0 Å². The summed E-state index contributed by atoms with van der Waals surface area (Å²) in [4.78, 5) is 6.33. The maximum absolute atomic E-state index is 9.07. The number of methoxy groups -OCH3 is 1. The fourth-order valence-electron chi connectivity index (χ4n) is 1.57. The minimum absolute atomic E-state index is 0.125. The Morgan fingerprint density at radius 2 is 2.22 bits per heavy atom. The van der Waals surface area contributed by atoms with Gasteiger partial charge in [0.25, 0.3) is 0 Å². The van der Waals surface area contributed by atoms with Crippen molar-refractivity contribution in [1.29, 1.82) is 0 Å². The van der Waals surface area contributed by atoms with E-state index in [0.717, 1.165) is 11.0 Å². The number of nitrogens with zero attached hydrogens (tertiary/aromatic N) is 3. The lowest BCUT2D eigenvalue weighted by Gasteiger charge is -2.29. The highest BCUT2D eigenvalue weighted by molar-refractivity contribution is 7.09. The van der Waals surface area contributed by atoms with Crippen LogP contribution < -0.4 is 10.2 Å². The van der Waals surface area contributed by atoms with Crippen LogP contribution in [-0.4, -0.2) is 54.4 Å². The number of anilines is 1. The van der Waals surface area contributed by atoms with Crippen molar-refractivity contribution in [3.8, 4) is 0 Å². The highest BCUT2D eigenvalue weighted by Gasteiger charge is 2.23. The van der Waals surface area contributed by atoms with Crippen LogP contribution in [0.5, 0.6) is 0 Å². The first-order chi connectivity index (χ1) is 8.50. The molecule has 1 atom stereocenters. The minimum atomic E-state index is -0.257. The highest BCUT2D eigenvalue weighted by Crippen LogP contribution is 2.15. The van der Waals surface area contributed by atoms with Crippen molar-refractivity contribution in [2.24, 2.45) is 0 Å². The number of ether oxygens (including phenoxy) is 1. The summed E-state index contributed by atoms with van der Waals surface area (Å²) in [5.74, 6) is 0.768. The summed E-state index contributed by atoms with van der Waals surface area (Å²) < 4.78 is 9.46. The van der Waals surface area contributed by atoms with Gasteiger partial charge < -0.3 is 20.1 Å². The molecular weight excluding hydrogens is 252 g/mol. The first-order valence-corrected chi connectivity index (χ1v) is 6.63. The maximum atomic E-state index is 9.07. The van der Waals surface area contributed by atoms with Crippen molar-refractivity contribution in [1.82, 2.24) is 14.7 Å². The molecule has 7 heteroatoms. The van der Waals surface area contributed by atoms with Crippen LogP contribution >= 0.6 is 11.5 Å². The summed E-state index contributed by atoms with van der Waals surface area (Å²) in [6.07, 6.45) is 0.630. The highest BCUT2D eigenvalue weighted by atomic mass is 32.1. The summed E-state index contributed by atoms with van der Waals surface area (Å²) in [6.45, 7) is 3.26. The van der Waals surface area contributed by atoms with Crippen LogP contribution in [0.1, 0.15) is 19.2 Å². The van der Waals surface area contributed by atoms with Gasteiger partial charge in [0.05, 0.1) is 13.2 Å². The van der Waals surface area contributed by atoms with Crippen LogP contribution in [0, 0.1) is 0 Å². The van der Waals surface area contributed by atoms with Crippen molar-refractivity contribution >= 4 is 16.7 Å². The van der Waals surface area contributed by atoms with E-state index in [-0.39, 0.29) is 12.1 Å². The molecule has 104 valence electrons. The zero-order valence-electron chi connectivity index (χ0n) is 11.4. The van der Waals surface area contributed by atoms with Crippen molar-refractivity contribution in [2.45, 2.75) is 25.4 Å². The minimum Gasteiger partial charge on any atom is -0.396 e. The number of hydrogen-bond donors (Lipinski definition) is 2. The van der Waals surface area contributed by atoms with E-state index in [4.69, 9.17) is 9.84 Å². The summed E-state index contributed by atoms with van der Waals surface area (Å²) in [7, 11) is 5.54. The molecule has 6 nitrogen and oxygen atoms in total. The van der Waals surface area contributed by atoms with Crippen LogP contribution in [0.15, 0.2) is 0 Å². The molecule has 0 amide bonds. The number of nitrogens with one attached hydrogen (secondary N) is 1. The Morgan fingerprint density at radius 1 is 1.50 bits per heavy atom. The second-order valence-corrected chi connectivity index (χ2v) is 5.44. The zero-order valence-corrected chi connectivity index (χ0v) is 12.3. The van der Waals surface area contributed by atoms with E-state index >= 15 is 0 Å². The fourth-order valence-corrected chi connectivity index (χ4v) is 2.17. The normalized spacial score (nSPS) is 14.5. The molecule has 0 radical (unpaired) electrons. The topological polar surface area (TPSA) is 70.5 Å². The summed E-state index contributed by atoms with van der Waals surface area (Å²) >= 11 is 1.38. The zero-order chi connectivity index (χ0) is 13.6. The van der Waals surface area contributed by atoms with Crippen LogP contribution in [0.4, 0.5) is 5.13 Å². The van der Waals surface area contributed by atoms with Crippen molar-refractivity contribution < 1.29 is 9.84 Å². The number of aromatic nitrogens is 2. The summed E-state index contributed by atoms with van der Waals surface area (Å²) in [5, 5.41) is 13.3. The smallest absolute Gasteiger partial charge is 0.204 e. The van der Waals surface area contributed by atoms with Gasteiger partial charge in [-0.05, 0) is 13.3 Å². The predicted molar refractivity (Wildman–Crippen MR) is 73.1 cm³/mol. The van der Waals surface area contributed by atoms with Gasteiger partial charge in [0.1, 0.15) is 0 Å². The Hall–Kier alpha value is -0.760. The van der Waals surface area contributed by atoms with E-state index in [9.17, 15) is 0 Å². The molecular formula is C11H22N4O2S. The molecule has 0 aromatic carbocycles.